The van der Waals surface area contributed by atoms with Crippen LogP contribution < -0.4 is 5.32 Å². The molecule has 1 saturated carbocycles. The summed E-state index contributed by atoms with van der Waals surface area (Å²) in [6.07, 6.45) is 4.72. The van der Waals surface area contributed by atoms with E-state index in [2.05, 4.69) is 29.6 Å². The molecular weight excluding hydrogens is 174 g/mol. The summed E-state index contributed by atoms with van der Waals surface area (Å²) in [5, 5.41) is 12.3. The van der Waals surface area contributed by atoms with E-state index in [1.165, 1.54) is 30.5 Å². The van der Waals surface area contributed by atoms with E-state index in [4.69, 9.17) is 5.11 Å². The molecule has 1 aliphatic carbocycles. The van der Waals surface area contributed by atoms with Gasteiger partial charge in [0.2, 0.25) is 0 Å². The molecule has 1 fully saturated rings. The molecule has 2 nitrogen and oxygen atoms in total. The molecule has 0 atom stereocenters. The number of aliphatic hydroxyl groups is 1. The summed E-state index contributed by atoms with van der Waals surface area (Å²) in [6, 6.07) is 9.06. The third kappa shape index (κ3) is 2.26. The lowest BCUT2D eigenvalue weighted by atomic mass is 9.93. The Labute approximate surface area is 85.0 Å². The topological polar surface area (TPSA) is 32.3 Å². The zero-order chi connectivity index (χ0) is 9.80. The van der Waals surface area contributed by atoms with Gasteiger partial charge in [0, 0.05) is 18.3 Å². The van der Waals surface area contributed by atoms with Crippen LogP contribution in [0.25, 0.3) is 0 Å². The minimum atomic E-state index is 0.232. The molecule has 1 aromatic carbocycles. The van der Waals surface area contributed by atoms with Crippen LogP contribution in [0.1, 0.15) is 24.8 Å². The summed E-state index contributed by atoms with van der Waals surface area (Å²) < 4.78 is 0. The van der Waals surface area contributed by atoms with E-state index in [0.717, 1.165) is 6.42 Å². The van der Waals surface area contributed by atoms with Crippen LogP contribution in [0.5, 0.6) is 0 Å². The average molecular weight is 191 g/mol. The zero-order valence-corrected chi connectivity index (χ0v) is 8.37. The fraction of sp³-hybridized carbons (Fsp3) is 0.500. The average Bonchev–Trinajstić information content (AvgIpc) is 2.14. The molecule has 0 saturated heterocycles. The van der Waals surface area contributed by atoms with Crippen molar-refractivity contribution in [3.63, 3.8) is 0 Å². The molecule has 1 aromatic rings. The molecular formula is C12H17NO. The van der Waals surface area contributed by atoms with Gasteiger partial charge >= 0.3 is 0 Å². The highest BCUT2D eigenvalue weighted by Gasteiger charge is 2.16. The number of hydrogen-bond donors (Lipinski definition) is 2. The SMILES string of the molecule is OCCc1ccc(NC2CCC2)cc1. The van der Waals surface area contributed by atoms with Gasteiger partial charge in [-0.25, -0.2) is 0 Å². The Morgan fingerprint density at radius 3 is 2.43 bits per heavy atom. The minimum absolute atomic E-state index is 0.232. The maximum atomic E-state index is 8.77. The molecule has 1 aliphatic rings. The van der Waals surface area contributed by atoms with Gasteiger partial charge in [-0.3, -0.25) is 0 Å². The van der Waals surface area contributed by atoms with Crippen molar-refractivity contribution in [1.29, 1.82) is 0 Å². The second-order valence-electron chi connectivity index (χ2n) is 3.94. The molecule has 2 heteroatoms. The Morgan fingerprint density at radius 1 is 1.21 bits per heavy atom. The highest BCUT2D eigenvalue weighted by atomic mass is 16.2. The third-order valence-corrected chi connectivity index (χ3v) is 2.83. The number of nitrogens with one attached hydrogen (secondary N) is 1. The fourth-order valence-electron chi connectivity index (χ4n) is 1.69. The van der Waals surface area contributed by atoms with Crippen molar-refractivity contribution in [2.75, 3.05) is 11.9 Å². The van der Waals surface area contributed by atoms with E-state index in [9.17, 15) is 0 Å². The summed E-state index contributed by atoms with van der Waals surface area (Å²) in [6.45, 7) is 0.232. The van der Waals surface area contributed by atoms with Crippen molar-refractivity contribution in [2.24, 2.45) is 0 Å². The lowest BCUT2D eigenvalue weighted by Crippen LogP contribution is -2.26. The summed E-state index contributed by atoms with van der Waals surface area (Å²) in [5.41, 5.74) is 2.41. The van der Waals surface area contributed by atoms with Crippen molar-refractivity contribution < 1.29 is 5.11 Å². The van der Waals surface area contributed by atoms with Crippen LogP contribution in [-0.2, 0) is 6.42 Å². The summed E-state index contributed by atoms with van der Waals surface area (Å²) in [7, 11) is 0. The van der Waals surface area contributed by atoms with Gasteiger partial charge in [0.1, 0.15) is 0 Å². The maximum absolute atomic E-state index is 8.77. The second kappa shape index (κ2) is 4.47. The van der Waals surface area contributed by atoms with E-state index in [0.29, 0.717) is 6.04 Å². The smallest absolute Gasteiger partial charge is 0.0471 e. The number of rotatable bonds is 4. The number of benzene rings is 1. The van der Waals surface area contributed by atoms with Gasteiger partial charge in [-0.1, -0.05) is 12.1 Å². The number of anilines is 1. The van der Waals surface area contributed by atoms with Crippen molar-refractivity contribution in [2.45, 2.75) is 31.7 Å². The summed E-state index contributed by atoms with van der Waals surface area (Å²) in [4.78, 5) is 0. The van der Waals surface area contributed by atoms with Gasteiger partial charge in [-0.05, 0) is 43.4 Å². The first kappa shape index (κ1) is 9.53. The Balaban J connectivity index is 1.91. The van der Waals surface area contributed by atoms with E-state index < -0.39 is 0 Å². The first-order chi connectivity index (χ1) is 6.88. The molecule has 0 radical (unpaired) electrons. The van der Waals surface area contributed by atoms with Gasteiger partial charge < -0.3 is 10.4 Å². The summed E-state index contributed by atoms with van der Waals surface area (Å²) >= 11 is 0. The molecule has 76 valence electrons. The molecule has 2 rings (SSSR count). The van der Waals surface area contributed by atoms with Gasteiger partial charge in [0.25, 0.3) is 0 Å². The zero-order valence-electron chi connectivity index (χ0n) is 8.37. The highest BCUT2D eigenvalue weighted by molar-refractivity contribution is 5.45. The predicted octanol–water partition coefficient (Wildman–Crippen LogP) is 2.19. The van der Waals surface area contributed by atoms with Crippen LogP contribution in [0.3, 0.4) is 0 Å². The molecule has 0 unspecified atom stereocenters. The summed E-state index contributed by atoms with van der Waals surface area (Å²) in [5.74, 6) is 0. The molecule has 2 N–H and O–H groups in total. The Bertz CT molecular complexity index is 277. The van der Waals surface area contributed by atoms with Gasteiger partial charge in [0.15, 0.2) is 0 Å². The van der Waals surface area contributed by atoms with Crippen molar-refractivity contribution >= 4 is 5.69 Å². The Kier molecular flexibility index (Phi) is 3.04. The van der Waals surface area contributed by atoms with Gasteiger partial charge in [-0.2, -0.15) is 0 Å². The van der Waals surface area contributed by atoms with E-state index in [1.54, 1.807) is 0 Å². The standard InChI is InChI=1S/C12H17NO/c14-9-8-10-4-6-12(7-5-10)13-11-2-1-3-11/h4-7,11,13-14H,1-3,8-9H2. The first-order valence-corrected chi connectivity index (χ1v) is 5.35. The minimum Gasteiger partial charge on any atom is -0.396 e. The Hall–Kier alpha value is -1.02. The van der Waals surface area contributed by atoms with Gasteiger partial charge in [0.05, 0.1) is 0 Å². The van der Waals surface area contributed by atoms with Crippen molar-refractivity contribution in [1.82, 2.24) is 0 Å². The largest absolute Gasteiger partial charge is 0.396 e. The molecule has 0 aliphatic heterocycles. The lowest BCUT2D eigenvalue weighted by Gasteiger charge is -2.27. The molecule has 14 heavy (non-hydrogen) atoms. The molecule has 0 amide bonds. The number of hydrogen-bond acceptors (Lipinski definition) is 2. The first-order valence-electron chi connectivity index (χ1n) is 5.35. The molecule has 0 aromatic heterocycles. The monoisotopic (exact) mass is 191 g/mol. The highest BCUT2D eigenvalue weighted by Crippen LogP contribution is 2.23. The Morgan fingerprint density at radius 2 is 1.93 bits per heavy atom. The molecule has 0 spiro atoms. The molecule has 0 bridgehead atoms. The van der Waals surface area contributed by atoms with Crippen LogP contribution in [-0.4, -0.2) is 17.8 Å². The van der Waals surface area contributed by atoms with Crippen LogP contribution in [0, 0.1) is 0 Å². The fourth-order valence-corrected chi connectivity index (χ4v) is 1.69. The van der Waals surface area contributed by atoms with E-state index in [-0.39, 0.29) is 6.61 Å². The van der Waals surface area contributed by atoms with E-state index in [1.807, 2.05) is 0 Å². The third-order valence-electron chi connectivity index (χ3n) is 2.83. The van der Waals surface area contributed by atoms with E-state index >= 15 is 0 Å². The van der Waals surface area contributed by atoms with Crippen molar-refractivity contribution in [3.8, 4) is 0 Å². The second-order valence-corrected chi connectivity index (χ2v) is 3.94. The van der Waals surface area contributed by atoms with Crippen LogP contribution in [0.15, 0.2) is 24.3 Å². The van der Waals surface area contributed by atoms with Crippen LogP contribution >= 0.6 is 0 Å². The molecule has 0 heterocycles. The quantitative estimate of drug-likeness (QED) is 0.764. The van der Waals surface area contributed by atoms with Crippen molar-refractivity contribution in [3.05, 3.63) is 29.8 Å². The number of aliphatic hydroxyl groups excluding tert-OH is 1. The van der Waals surface area contributed by atoms with Crippen LogP contribution in [0.2, 0.25) is 0 Å². The maximum Gasteiger partial charge on any atom is 0.0471 e. The predicted molar refractivity (Wildman–Crippen MR) is 58.5 cm³/mol. The normalized spacial score (nSPS) is 16.4. The lowest BCUT2D eigenvalue weighted by molar-refractivity contribution is 0.299. The van der Waals surface area contributed by atoms with Gasteiger partial charge in [-0.15, -0.1) is 0 Å². The van der Waals surface area contributed by atoms with Crippen LogP contribution in [0.4, 0.5) is 5.69 Å².